The maximum atomic E-state index is 13.4. The maximum absolute atomic E-state index is 13.4. The van der Waals surface area contributed by atoms with Crippen LogP contribution < -0.4 is 19.5 Å². The van der Waals surface area contributed by atoms with Crippen molar-refractivity contribution >= 4 is 5.91 Å². The van der Waals surface area contributed by atoms with Gasteiger partial charge in [-0.3, -0.25) is 4.79 Å². The molecule has 0 bridgehead atoms. The van der Waals surface area contributed by atoms with Crippen molar-refractivity contribution < 1.29 is 23.5 Å². The van der Waals surface area contributed by atoms with Gasteiger partial charge < -0.3 is 24.1 Å². The molecule has 1 amide bonds. The van der Waals surface area contributed by atoms with E-state index in [2.05, 4.69) is 24.3 Å². The number of hydrogen-bond donors (Lipinski definition) is 1. The van der Waals surface area contributed by atoms with Crippen molar-refractivity contribution in [3.63, 3.8) is 0 Å². The number of carbonyl (C=O) groups excluding carboxylic acids is 1. The zero-order chi connectivity index (χ0) is 22.0. The summed E-state index contributed by atoms with van der Waals surface area (Å²) in [4.78, 5) is 13.4. The summed E-state index contributed by atoms with van der Waals surface area (Å²) in [5.74, 6) is 2.37. The third-order valence-corrected chi connectivity index (χ3v) is 5.33. The number of nitrogens with zero attached hydrogens (tertiary/aromatic N) is 1. The van der Waals surface area contributed by atoms with E-state index >= 15 is 0 Å². The molecule has 3 aromatic rings. The van der Waals surface area contributed by atoms with E-state index in [4.69, 9.17) is 18.7 Å². The van der Waals surface area contributed by atoms with Crippen LogP contribution in [0.1, 0.15) is 41.6 Å². The number of ether oxygens (including phenoxy) is 3. The SMILES string of the molecule is COc1ccccc1-c1noc(C)c1C(=O)NC(c1ccc2c(c1)OCCO2)C(C)C. The first-order chi connectivity index (χ1) is 15.0. The molecule has 2 heterocycles. The first-order valence-electron chi connectivity index (χ1n) is 10.3. The fourth-order valence-corrected chi connectivity index (χ4v) is 3.77. The van der Waals surface area contributed by atoms with Crippen LogP contribution in [0.5, 0.6) is 17.2 Å². The largest absolute Gasteiger partial charge is 0.496 e. The molecule has 2 aromatic carbocycles. The lowest BCUT2D eigenvalue weighted by Gasteiger charge is -2.25. The predicted molar refractivity (Wildman–Crippen MR) is 116 cm³/mol. The summed E-state index contributed by atoms with van der Waals surface area (Å²) in [5, 5.41) is 7.30. The van der Waals surface area contributed by atoms with Crippen LogP contribution in [0, 0.1) is 12.8 Å². The van der Waals surface area contributed by atoms with Crippen molar-refractivity contribution in [1.82, 2.24) is 10.5 Å². The number of benzene rings is 2. The Morgan fingerprint density at radius 1 is 1.10 bits per heavy atom. The Hall–Kier alpha value is -3.48. The summed E-state index contributed by atoms with van der Waals surface area (Å²) >= 11 is 0. The molecule has 1 unspecified atom stereocenters. The molecule has 162 valence electrons. The van der Waals surface area contributed by atoms with Gasteiger partial charge in [0, 0.05) is 5.56 Å². The molecule has 0 saturated heterocycles. The van der Waals surface area contributed by atoms with Crippen LogP contribution in [0.2, 0.25) is 0 Å². The molecule has 7 heteroatoms. The first-order valence-corrected chi connectivity index (χ1v) is 10.3. The number of carbonyl (C=O) groups is 1. The third kappa shape index (κ3) is 4.08. The molecular weight excluding hydrogens is 396 g/mol. The minimum Gasteiger partial charge on any atom is -0.496 e. The van der Waals surface area contributed by atoms with Crippen LogP contribution in [-0.2, 0) is 0 Å². The molecule has 4 rings (SSSR count). The first kappa shape index (κ1) is 20.8. The van der Waals surface area contributed by atoms with Crippen LogP contribution in [0.3, 0.4) is 0 Å². The monoisotopic (exact) mass is 422 g/mol. The van der Waals surface area contributed by atoms with E-state index in [0.29, 0.717) is 47.3 Å². The standard InChI is InChI=1S/C24H26N2O5/c1-14(2)22(16-9-10-19-20(13-16)30-12-11-29-19)25-24(27)21-15(3)31-26-23(21)17-7-5-6-8-18(17)28-4/h5-10,13-14,22H,11-12H2,1-4H3,(H,25,27). The second-order valence-electron chi connectivity index (χ2n) is 7.76. The Labute approximate surface area is 181 Å². The van der Waals surface area contributed by atoms with E-state index in [1.165, 1.54) is 0 Å². The average molecular weight is 422 g/mol. The van der Waals surface area contributed by atoms with Gasteiger partial charge in [0.25, 0.3) is 5.91 Å². The van der Waals surface area contributed by atoms with Gasteiger partial charge >= 0.3 is 0 Å². The van der Waals surface area contributed by atoms with Crippen molar-refractivity contribution in [3.05, 3.63) is 59.4 Å². The highest BCUT2D eigenvalue weighted by Crippen LogP contribution is 2.36. The van der Waals surface area contributed by atoms with Gasteiger partial charge in [-0.05, 0) is 42.7 Å². The summed E-state index contributed by atoms with van der Waals surface area (Å²) in [6.45, 7) is 6.90. The van der Waals surface area contributed by atoms with Crippen LogP contribution in [0.4, 0.5) is 0 Å². The molecule has 1 aliphatic rings. The number of para-hydroxylation sites is 1. The summed E-state index contributed by atoms with van der Waals surface area (Å²) < 4.78 is 22.2. The van der Waals surface area contributed by atoms with E-state index in [1.54, 1.807) is 14.0 Å². The normalized spacial score (nSPS) is 13.7. The Morgan fingerprint density at radius 3 is 2.58 bits per heavy atom. The second kappa shape index (κ2) is 8.71. The molecule has 7 nitrogen and oxygen atoms in total. The van der Waals surface area contributed by atoms with E-state index in [1.807, 2.05) is 42.5 Å². The Bertz CT molecular complexity index is 1090. The molecule has 0 radical (unpaired) electrons. The lowest BCUT2D eigenvalue weighted by atomic mass is 9.94. The summed E-state index contributed by atoms with van der Waals surface area (Å²) in [6, 6.07) is 13.0. The lowest BCUT2D eigenvalue weighted by molar-refractivity contribution is 0.0924. The second-order valence-corrected chi connectivity index (χ2v) is 7.76. The van der Waals surface area contributed by atoms with Gasteiger partial charge in [-0.15, -0.1) is 0 Å². The number of fused-ring (bicyclic) bond motifs is 1. The zero-order valence-corrected chi connectivity index (χ0v) is 18.1. The van der Waals surface area contributed by atoms with Crippen LogP contribution in [-0.4, -0.2) is 31.4 Å². The smallest absolute Gasteiger partial charge is 0.257 e. The number of nitrogens with one attached hydrogen (secondary N) is 1. The molecule has 31 heavy (non-hydrogen) atoms. The number of hydrogen-bond acceptors (Lipinski definition) is 6. The van der Waals surface area contributed by atoms with Gasteiger partial charge in [0.05, 0.1) is 13.2 Å². The molecule has 0 aliphatic carbocycles. The highest BCUT2D eigenvalue weighted by molar-refractivity contribution is 6.01. The molecule has 1 N–H and O–H groups in total. The highest BCUT2D eigenvalue weighted by Gasteiger charge is 2.27. The highest BCUT2D eigenvalue weighted by atomic mass is 16.6. The summed E-state index contributed by atoms with van der Waals surface area (Å²) in [7, 11) is 1.59. The number of amides is 1. The molecular formula is C24H26N2O5. The Kier molecular flexibility index (Phi) is 5.84. The third-order valence-electron chi connectivity index (χ3n) is 5.33. The van der Waals surface area contributed by atoms with Crippen LogP contribution in [0.25, 0.3) is 11.3 Å². The van der Waals surface area contributed by atoms with Crippen LogP contribution >= 0.6 is 0 Å². The van der Waals surface area contributed by atoms with Gasteiger partial charge in [-0.1, -0.05) is 37.2 Å². The number of aromatic nitrogens is 1. The van der Waals surface area contributed by atoms with E-state index < -0.39 is 0 Å². The Morgan fingerprint density at radius 2 is 1.84 bits per heavy atom. The number of rotatable bonds is 6. The van der Waals surface area contributed by atoms with Crippen molar-refractivity contribution in [2.45, 2.75) is 26.8 Å². The van der Waals surface area contributed by atoms with Crippen molar-refractivity contribution in [1.29, 1.82) is 0 Å². The molecule has 1 aromatic heterocycles. The maximum Gasteiger partial charge on any atom is 0.257 e. The van der Waals surface area contributed by atoms with Gasteiger partial charge in [0.2, 0.25) is 0 Å². The molecule has 0 spiro atoms. The summed E-state index contributed by atoms with van der Waals surface area (Å²) in [5.41, 5.74) is 2.50. The lowest BCUT2D eigenvalue weighted by Crippen LogP contribution is -2.32. The van der Waals surface area contributed by atoms with Crippen molar-refractivity contribution in [2.24, 2.45) is 5.92 Å². The van der Waals surface area contributed by atoms with Gasteiger partial charge in [0.15, 0.2) is 11.5 Å². The zero-order valence-electron chi connectivity index (χ0n) is 18.1. The molecule has 1 aliphatic heterocycles. The minimum absolute atomic E-state index is 0.140. The van der Waals surface area contributed by atoms with Gasteiger partial charge in [-0.2, -0.15) is 0 Å². The summed E-state index contributed by atoms with van der Waals surface area (Å²) in [6.07, 6.45) is 0. The minimum atomic E-state index is -0.256. The Balaban J connectivity index is 1.66. The van der Waals surface area contributed by atoms with E-state index in [9.17, 15) is 4.79 Å². The quantitative estimate of drug-likeness (QED) is 0.627. The molecule has 0 fully saturated rings. The van der Waals surface area contributed by atoms with E-state index in [0.717, 1.165) is 11.3 Å². The van der Waals surface area contributed by atoms with Gasteiger partial charge in [-0.25, -0.2) is 0 Å². The number of methoxy groups -OCH3 is 1. The number of aryl methyl sites for hydroxylation is 1. The van der Waals surface area contributed by atoms with Gasteiger partial charge in [0.1, 0.15) is 36.0 Å². The molecule has 1 atom stereocenters. The predicted octanol–water partition coefficient (Wildman–Crippen LogP) is 4.56. The fourth-order valence-electron chi connectivity index (χ4n) is 3.77. The molecule has 0 saturated carbocycles. The topological polar surface area (TPSA) is 82.8 Å². The van der Waals surface area contributed by atoms with Crippen molar-refractivity contribution in [3.8, 4) is 28.5 Å². The average Bonchev–Trinajstić information content (AvgIpc) is 3.18. The fraction of sp³-hybridized carbons (Fsp3) is 0.333. The van der Waals surface area contributed by atoms with Crippen molar-refractivity contribution in [2.75, 3.05) is 20.3 Å². The van der Waals surface area contributed by atoms with Crippen LogP contribution in [0.15, 0.2) is 47.0 Å². The van der Waals surface area contributed by atoms with E-state index in [-0.39, 0.29) is 17.9 Å².